The topological polar surface area (TPSA) is 110 Å². The Balaban J connectivity index is 1.91. The zero-order valence-electron chi connectivity index (χ0n) is 10.2. The van der Waals surface area contributed by atoms with E-state index in [2.05, 4.69) is 15.0 Å². The van der Waals surface area contributed by atoms with Crippen molar-refractivity contribution in [2.45, 2.75) is 18.6 Å². The third kappa shape index (κ3) is 1.96. The van der Waals surface area contributed by atoms with Crippen LogP contribution in [0.3, 0.4) is 0 Å². The summed E-state index contributed by atoms with van der Waals surface area (Å²) in [5.41, 5.74) is 7.01. The predicted octanol–water partition coefficient (Wildman–Crippen LogP) is -0.121. The van der Waals surface area contributed by atoms with Gasteiger partial charge in [-0.25, -0.2) is 15.0 Å². The summed E-state index contributed by atoms with van der Waals surface area (Å²) in [6, 6.07) is 0.0606. The minimum absolute atomic E-state index is 0.0494. The number of nitrogens with zero attached hydrogens (tertiary/aromatic N) is 4. The highest BCUT2D eigenvalue weighted by molar-refractivity contribution is 5.81. The largest absolute Gasteiger partial charge is 0.394 e. The average Bonchev–Trinajstić information content (AvgIpc) is 3.04. The lowest BCUT2D eigenvalue weighted by atomic mass is 10.0. The monoisotopic (exact) mass is 261 g/mol. The van der Waals surface area contributed by atoms with Gasteiger partial charge < -0.3 is 20.5 Å². The Labute approximate surface area is 109 Å². The molecule has 0 radical (unpaired) electrons. The fraction of sp³-hybridized carbons (Fsp3) is 0.417. The van der Waals surface area contributed by atoms with E-state index in [0.717, 1.165) is 0 Å². The van der Waals surface area contributed by atoms with Crippen molar-refractivity contribution in [3.63, 3.8) is 0 Å². The molecule has 3 rings (SSSR count). The minimum Gasteiger partial charge on any atom is -0.394 e. The van der Waals surface area contributed by atoms with Crippen LogP contribution in [0.5, 0.6) is 0 Å². The predicted molar refractivity (Wildman–Crippen MR) is 69.1 cm³/mol. The van der Waals surface area contributed by atoms with E-state index in [0.29, 0.717) is 23.4 Å². The normalized spacial score (nSPS) is 24.1. The molecule has 0 spiro atoms. The number of allylic oxidation sites excluding steroid dienone is 1. The van der Waals surface area contributed by atoms with E-state index in [1.807, 2.05) is 16.7 Å². The third-order valence-corrected chi connectivity index (χ3v) is 3.52. The summed E-state index contributed by atoms with van der Waals surface area (Å²) in [4.78, 5) is 12.3. The maximum Gasteiger partial charge on any atom is 0.165 e. The van der Waals surface area contributed by atoms with Gasteiger partial charge in [-0.15, -0.1) is 0 Å². The van der Waals surface area contributed by atoms with Gasteiger partial charge in [-0.2, -0.15) is 0 Å². The summed E-state index contributed by atoms with van der Waals surface area (Å²) in [7, 11) is 0. The Kier molecular flexibility index (Phi) is 2.92. The van der Waals surface area contributed by atoms with Crippen LogP contribution < -0.4 is 5.73 Å². The fourth-order valence-corrected chi connectivity index (χ4v) is 2.45. The lowest BCUT2D eigenvalue weighted by molar-refractivity contribution is 0.0605. The molecular formula is C12H15N5O2. The molecule has 0 saturated carbocycles. The number of nitrogen functional groups attached to an aromatic ring is 1. The van der Waals surface area contributed by atoms with Crippen LogP contribution in [0, 0.1) is 5.92 Å². The second-order valence-corrected chi connectivity index (χ2v) is 4.68. The van der Waals surface area contributed by atoms with E-state index in [9.17, 15) is 5.11 Å². The first-order valence-electron chi connectivity index (χ1n) is 6.11. The number of aliphatic hydroxyl groups is 2. The van der Waals surface area contributed by atoms with Gasteiger partial charge in [0.05, 0.1) is 25.1 Å². The highest BCUT2D eigenvalue weighted by atomic mass is 16.3. The summed E-state index contributed by atoms with van der Waals surface area (Å²) < 4.78 is 1.91. The number of anilines is 1. The van der Waals surface area contributed by atoms with Crippen LogP contribution in [0.2, 0.25) is 0 Å². The molecular weight excluding hydrogens is 246 g/mol. The molecule has 7 heteroatoms. The molecule has 0 amide bonds. The van der Waals surface area contributed by atoms with Gasteiger partial charge in [-0.3, -0.25) is 0 Å². The van der Waals surface area contributed by atoms with Gasteiger partial charge in [0.25, 0.3) is 0 Å². The second kappa shape index (κ2) is 4.60. The SMILES string of the molecule is Nc1ncnc2c1ncn2C1C=CC(C(O)CO)C1. The summed E-state index contributed by atoms with van der Waals surface area (Å²) in [5.74, 6) is 0.310. The van der Waals surface area contributed by atoms with Crippen LogP contribution in [0.25, 0.3) is 11.2 Å². The molecule has 4 N–H and O–H groups in total. The van der Waals surface area contributed by atoms with Crippen LogP contribution >= 0.6 is 0 Å². The molecule has 0 aliphatic heterocycles. The van der Waals surface area contributed by atoms with Crippen molar-refractivity contribution in [3.05, 3.63) is 24.8 Å². The number of nitrogens with two attached hydrogens (primary N) is 1. The van der Waals surface area contributed by atoms with Crippen molar-refractivity contribution >= 4 is 17.0 Å². The van der Waals surface area contributed by atoms with Crippen molar-refractivity contribution in [3.8, 4) is 0 Å². The van der Waals surface area contributed by atoms with Crippen LogP contribution in [0.4, 0.5) is 5.82 Å². The second-order valence-electron chi connectivity index (χ2n) is 4.68. The average molecular weight is 261 g/mol. The lowest BCUT2D eigenvalue weighted by Gasteiger charge is -2.17. The van der Waals surface area contributed by atoms with Crippen LogP contribution in [-0.2, 0) is 0 Å². The third-order valence-electron chi connectivity index (χ3n) is 3.52. The zero-order chi connectivity index (χ0) is 13.4. The molecule has 0 bridgehead atoms. The molecule has 100 valence electrons. The molecule has 0 saturated heterocycles. The molecule has 19 heavy (non-hydrogen) atoms. The van der Waals surface area contributed by atoms with Crippen molar-refractivity contribution in [1.29, 1.82) is 0 Å². The number of fused-ring (bicyclic) bond motifs is 1. The number of aliphatic hydroxyl groups excluding tert-OH is 2. The first-order valence-corrected chi connectivity index (χ1v) is 6.11. The van der Waals surface area contributed by atoms with Gasteiger partial charge in [-0.1, -0.05) is 12.2 Å². The van der Waals surface area contributed by atoms with Gasteiger partial charge in [0.1, 0.15) is 11.8 Å². The standard InChI is InChI=1S/C12H15N5O2/c13-11-10-12(15-5-14-11)17(6-16-10)8-2-1-7(3-8)9(19)4-18/h1-2,5-9,18-19H,3-4H2,(H2,13,14,15). The van der Waals surface area contributed by atoms with Gasteiger partial charge in [0, 0.05) is 5.92 Å². The maximum absolute atomic E-state index is 9.66. The summed E-state index contributed by atoms with van der Waals surface area (Å²) in [6.07, 6.45) is 6.98. The number of hydrogen-bond donors (Lipinski definition) is 3. The molecule has 1 aliphatic carbocycles. The Bertz CT molecular complexity index is 624. The molecule has 2 aromatic rings. The lowest BCUT2D eigenvalue weighted by Crippen LogP contribution is -2.22. The number of rotatable bonds is 3. The summed E-state index contributed by atoms with van der Waals surface area (Å²) >= 11 is 0. The van der Waals surface area contributed by atoms with Crippen molar-refractivity contribution in [2.75, 3.05) is 12.3 Å². The van der Waals surface area contributed by atoms with E-state index >= 15 is 0 Å². The van der Waals surface area contributed by atoms with Gasteiger partial charge in [0.15, 0.2) is 11.5 Å². The molecule has 1 aliphatic rings. The summed E-state index contributed by atoms with van der Waals surface area (Å²) in [5, 5.41) is 18.6. The first-order chi connectivity index (χ1) is 9.20. The van der Waals surface area contributed by atoms with Crippen LogP contribution in [0.1, 0.15) is 12.5 Å². The van der Waals surface area contributed by atoms with Crippen LogP contribution in [-0.4, -0.2) is 42.4 Å². The molecule has 2 aromatic heterocycles. The van der Waals surface area contributed by atoms with Crippen molar-refractivity contribution in [1.82, 2.24) is 19.5 Å². The zero-order valence-corrected chi connectivity index (χ0v) is 10.2. The van der Waals surface area contributed by atoms with Crippen molar-refractivity contribution in [2.24, 2.45) is 5.92 Å². The van der Waals surface area contributed by atoms with Gasteiger partial charge >= 0.3 is 0 Å². The van der Waals surface area contributed by atoms with E-state index in [-0.39, 0.29) is 18.6 Å². The Hall–Kier alpha value is -1.99. The van der Waals surface area contributed by atoms with Gasteiger partial charge in [0.2, 0.25) is 0 Å². The van der Waals surface area contributed by atoms with Crippen molar-refractivity contribution < 1.29 is 10.2 Å². The highest BCUT2D eigenvalue weighted by Crippen LogP contribution is 2.32. The molecule has 0 fully saturated rings. The van der Waals surface area contributed by atoms with Gasteiger partial charge in [-0.05, 0) is 6.42 Å². The van der Waals surface area contributed by atoms with E-state index in [4.69, 9.17) is 10.8 Å². The molecule has 7 nitrogen and oxygen atoms in total. The number of imidazole rings is 1. The van der Waals surface area contributed by atoms with Crippen LogP contribution in [0.15, 0.2) is 24.8 Å². The molecule has 3 atom stereocenters. The quantitative estimate of drug-likeness (QED) is 0.664. The molecule has 2 heterocycles. The van der Waals surface area contributed by atoms with E-state index in [1.165, 1.54) is 6.33 Å². The minimum atomic E-state index is -0.726. The summed E-state index contributed by atoms with van der Waals surface area (Å²) in [6.45, 7) is -0.235. The molecule has 0 aromatic carbocycles. The smallest absolute Gasteiger partial charge is 0.165 e. The maximum atomic E-state index is 9.66. The fourth-order valence-electron chi connectivity index (χ4n) is 2.45. The number of aromatic nitrogens is 4. The first kappa shape index (κ1) is 12.1. The van der Waals surface area contributed by atoms with E-state index in [1.54, 1.807) is 6.33 Å². The molecule has 3 unspecified atom stereocenters. The Morgan fingerprint density at radius 3 is 3.00 bits per heavy atom. The Morgan fingerprint density at radius 2 is 2.21 bits per heavy atom. The highest BCUT2D eigenvalue weighted by Gasteiger charge is 2.26. The number of hydrogen-bond acceptors (Lipinski definition) is 6. The Morgan fingerprint density at radius 1 is 1.37 bits per heavy atom. The van der Waals surface area contributed by atoms with E-state index < -0.39 is 6.10 Å².